The van der Waals surface area contributed by atoms with Gasteiger partial charge in [0.2, 0.25) is 0 Å². The fraction of sp³-hybridized carbons (Fsp3) is 0.364. The van der Waals surface area contributed by atoms with Crippen molar-refractivity contribution in [2.45, 2.75) is 12.6 Å². The molecule has 0 aliphatic carbocycles. The zero-order chi connectivity index (χ0) is 12.9. The Morgan fingerprint density at radius 3 is 2.89 bits per heavy atom. The van der Waals surface area contributed by atoms with Crippen molar-refractivity contribution in [2.75, 3.05) is 23.7 Å². The van der Waals surface area contributed by atoms with E-state index >= 15 is 0 Å². The lowest BCUT2D eigenvalue weighted by Crippen LogP contribution is -2.32. The number of aromatic nitrogens is 1. The van der Waals surface area contributed by atoms with Gasteiger partial charge in [-0.25, -0.2) is 4.98 Å². The molecule has 0 amide bonds. The Kier molecular flexibility index (Phi) is 2.41. The summed E-state index contributed by atoms with van der Waals surface area (Å²) >= 11 is 1.30. The van der Waals surface area contributed by atoms with Crippen molar-refractivity contribution in [1.82, 2.24) is 4.98 Å². The second-order valence-corrected chi connectivity index (χ2v) is 5.35. The van der Waals surface area contributed by atoms with Crippen LogP contribution in [0.25, 0.3) is 10.2 Å². The molecule has 2 heterocycles. The summed E-state index contributed by atoms with van der Waals surface area (Å²) in [4.78, 5) is 5.51. The average Bonchev–Trinajstić information content (AvgIpc) is 2.76. The monoisotopic (exact) mass is 273 g/mol. The largest absolute Gasteiger partial charge is 0.405 e. The number of nitrogens with two attached hydrogens (primary N) is 1. The van der Waals surface area contributed by atoms with Crippen molar-refractivity contribution < 1.29 is 13.2 Å². The summed E-state index contributed by atoms with van der Waals surface area (Å²) in [5.41, 5.74) is 7.94. The van der Waals surface area contributed by atoms with Gasteiger partial charge in [0.1, 0.15) is 6.54 Å². The lowest BCUT2D eigenvalue weighted by molar-refractivity contribution is -0.119. The van der Waals surface area contributed by atoms with Crippen LogP contribution in [0.5, 0.6) is 0 Å². The Morgan fingerprint density at radius 2 is 2.17 bits per heavy atom. The number of anilines is 2. The minimum Gasteiger partial charge on any atom is -0.375 e. The van der Waals surface area contributed by atoms with E-state index in [0.717, 1.165) is 15.8 Å². The smallest absolute Gasteiger partial charge is 0.375 e. The van der Waals surface area contributed by atoms with Gasteiger partial charge < -0.3 is 10.6 Å². The summed E-state index contributed by atoms with van der Waals surface area (Å²) < 4.78 is 38.2. The first-order valence-corrected chi connectivity index (χ1v) is 6.25. The molecule has 18 heavy (non-hydrogen) atoms. The van der Waals surface area contributed by atoms with Crippen LogP contribution in [0.1, 0.15) is 5.56 Å². The Balaban J connectivity index is 2.02. The minimum absolute atomic E-state index is 0.404. The van der Waals surface area contributed by atoms with Crippen molar-refractivity contribution in [3.8, 4) is 0 Å². The molecule has 3 rings (SSSR count). The number of hydrogen-bond acceptors (Lipinski definition) is 4. The molecule has 0 saturated heterocycles. The van der Waals surface area contributed by atoms with E-state index in [1.807, 2.05) is 6.07 Å². The summed E-state index contributed by atoms with van der Waals surface area (Å²) in [7, 11) is 0. The van der Waals surface area contributed by atoms with Crippen LogP contribution in [0.4, 0.5) is 24.0 Å². The number of fused-ring (bicyclic) bond motifs is 2. The quantitative estimate of drug-likeness (QED) is 0.868. The number of nitrogens with zero attached hydrogens (tertiary/aromatic N) is 2. The zero-order valence-electron chi connectivity index (χ0n) is 9.29. The van der Waals surface area contributed by atoms with Gasteiger partial charge in [-0.3, -0.25) is 0 Å². The topological polar surface area (TPSA) is 42.1 Å². The summed E-state index contributed by atoms with van der Waals surface area (Å²) in [6, 6.07) is 3.60. The van der Waals surface area contributed by atoms with Crippen molar-refractivity contribution >= 4 is 32.4 Å². The predicted octanol–water partition coefficient (Wildman–Crippen LogP) is 2.80. The summed E-state index contributed by atoms with van der Waals surface area (Å²) in [6.07, 6.45) is -3.55. The van der Waals surface area contributed by atoms with Crippen LogP contribution >= 0.6 is 11.3 Å². The van der Waals surface area contributed by atoms with Crippen LogP contribution in [0.15, 0.2) is 12.1 Å². The van der Waals surface area contributed by atoms with E-state index in [-0.39, 0.29) is 0 Å². The maximum Gasteiger partial charge on any atom is 0.405 e. The SMILES string of the molecule is Nc1nc2cc3c(cc2s1)N(CC(F)(F)F)CC3. The van der Waals surface area contributed by atoms with E-state index in [1.54, 1.807) is 6.07 Å². The highest BCUT2D eigenvalue weighted by Crippen LogP contribution is 2.36. The molecule has 7 heteroatoms. The van der Waals surface area contributed by atoms with Crippen molar-refractivity contribution in [2.24, 2.45) is 0 Å². The molecular weight excluding hydrogens is 263 g/mol. The Bertz CT molecular complexity index is 605. The molecule has 1 aliphatic rings. The molecule has 3 nitrogen and oxygen atoms in total. The van der Waals surface area contributed by atoms with E-state index in [1.165, 1.54) is 16.2 Å². The van der Waals surface area contributed by atoms with Crippen LogP contribution < -0.4 is 10.6 Å². The van der Waals surface area contributed by atoms with Crippen molar-refractivity contribution in [1.29, 1.82) is 0 Å². The second kappa shape index (κ2) is 3.74. The number of halogens is 3. The fourth-order valence-corrected chi connectivity index (χ4v) is 3.02. The van der Waals surface area contributed by atoms with Crippen LogP contribution in [0, 0.1) is 0 Å². The molecule has 1 aromatic heterocycles. The molecular formula is C11H10F3N3S. The minimum atomic E-state index is -4.18. The molecule has 0 fully saturated rings. The third kappa shape index (κ3) is 1.98. The zero-order valence-corrected chi connectivity index (χ0v) is 10.1. The predicted molar refractivity (Wildman–Crippen MR) is 66.0 cm³/mol. The molecule has 0 saturated carbocycles. The van der Waals surface area contributed by atoms with Gasteiger partial charge in [0.25, 0.3) is 0 Å². The molecule has 0 spiro atoms. The molecule has 2 N–H and O–H groups in total. The van der Waals surface area contributed by atoms with Gasteiger partial charge in [0, 0.05) is 12.2 Å². The number of rotatable bonds is 1. The van der Waals surface area contributed by atoms with Crippen molar-refractivity contribution in [3.05, 3.63) is 17.7 Å². The number of alkyl halides is 3. The first kappa shape index (κ1) is 11.6. The first-order valence-electron chi connectivity index (χ1n) is 5.43. The Morgan fingerprint density at radius 1 is 1.39 bits per heavy atom. The van der Waals surface area contributed by atoms with E-state index in [0.29, 0.717) is 23.8 Å². The van der Waals surface area contributed by atoms with E-state index in [4.69, 9.17) is 5.73 Å². The van der Waals surface area contributed by atoms with Gasteiger partial charge in [-0.05, 0) is 24.1 Å². The van der Waals surface area contributed by atoms with E-state index < -0.39 is 12.7 Å². The van der Waals surface area contributed by atoms with Crippen molar-refractivity contribution in [3.63, 3.8) is 0 Å². The van der Waals surface area contributed by atoms with E-state index in [9.17, 15) is 13.2 Å². The third-order valence-corrected chi connectivity index (χ3v) is 3.81. The second-order valence-electron chi connectivity index (χ2n) is 4.29. The molecule has 0 bridgehead atoms. The maximum absolute atomic E-state index is 12.4. The third-order valence-electron chi connectivity index (χ3n) is 2.97. The number of hydrogen-bond donors (Lipinski definition) is 1. The highest BCUT2D eigenvalue weighted by molar-refractivity contribution is 7.22. The standard InChI is InChI=1S/C11H10F3N3S/c12-11(13,14)5-17-2-1-6-3-7-9(4-8(6)17)18-10(15)16-7/h3-4H,1-2,5H2,(H2,15,16). The normalized spacial score (nSPS) is 15.4. The number of thiazole rings is 1. The molecule has 2 aromatic rings. The highest BCUT2D eigenvalue weighted by atomic mass is 32.1. The number of benzene rings is 1. The first-order chi connectivity index (χ1) is 8.42. The molecule has 96 valence electrons. The lowest BCUT2D eigenvalue weighted by atomic mass is 10.1. The molecule has 0 atom stereocenters. The van der Waals surface area contributed by atoms with Gasteiger partial charge in [-0.1, -0.05) is 11.3 Å². The van der Waals surface area contributed by atoms with Gasteiger partial charge in [-0.15, -0.1) is 0 Å². The maximum atomic E-state index is 12.4. The average molecular weight is 273 g/mol. The Hall–Kier alpha value is -1.50. The molecule has 0 radical (unpaired) electrons. The lowest BCUT2D eigenvalue weighted by Gasteiger charge is -2.20. The summed E-state index contributed by atoms with van der Waals surface area (Å²) in [5.74, 6) is 0. The van der Waals surface area contributed by atoms with Gasteiger partial charge in [-0.2, -0.15) is 13.2 Å². The molecule has 1 aromatic carbocycles. The van der Waals surface area contributed by atoms with Crippen LogP contribution in [0.3, 0.4) is 0 Å². The summed E-state index contributed by atoms with van der Waals surface area (Å²) in [6.45, 7) is -0.499. The Labute approximate surface area is 105 Å². The summed E-state index contributed by atoms with van der Waals surface area (Å²) in [5, 5.41) is 0.441. The van der Waals surface area contributed by atoms with E-state index in [2.05, 4.69) is 4.98 Å². The molecule has 0 unspecified atom stereocenters. The molecule has 1 aliphatic heterocycles. The van der Waals surface area contributed by atoms with Crippen LogP contribution in [-0.4, -0.2) is 24.2 Å². The van der Waals surface area contributed by atoms with Crippen LogP contribution in [0.2, 0.25) is 0 Å². The van der Waals surface area contributed by atoms with Gasteiger partial charge in [0.05, 0.1) is 10.2 Å². The highest BCUT2D eigenvalue weighted by Gasteiger charge is 2.33. The fourth-order valence-electron chi connectivity index (χ4n) is 2.28. The van der Waals surface area contributed by atoms with Crippen LogP contribution in [-0.2, 0) is 6.42 Å². The van der Waals surface area contributed by atoms with Gasteiger partial charge in [0.15, 0.2) is 5.13 Å². The number of nitrogen functional groups attached to an aromatic ring is 1. The van der Waals surface area contributed by atoms with Gasteiger partial charge >= 0.3 is 6.18 Å².